The molecule has 1 amide bonds. The van der Waals surface area contributed by atoms with Gasteiger partial charge < -0.3 is 10.6 Å². The van der Waals surface area contributed by atoms with Gasteiger partial charge in [-0.25, -0.2) is 0 Å². The molecule has 0 radical (unpaired) electrons. The number of hydrogen-bond donors (Lipinski definition) is 2. The molecule has 0 heterocycles. The van der Waals surface area contributed by atoms with Gasteiger partial charge in [-0.3, -0.25) is 9.59 Å². The van der Waals surface area contributed by atoms with E-state index < -0.39 is 11.9 Å². The molecule has 0 bridgehead atoms. The monoisotopic (exact) mass is 318 g/mol. The second-order valence-electron chi connectivity index (χ2n) is 7.28. The first-order valence-corrected chi connectivity index (χ1v) is 8.29. The molecule has 1 aromatic rings. The topological polar surface area (TPSA) is 58.2 Å². The van der Waals surface area contributed by atoms with Gasteiger partial charge in [0.25, 0.3) is 5.91 Å². The summed E-state index contributed by atoms with van der Waals surface area (Å²) in [6.45, 7) is 12.4. The first-order chi connectivity index (χ1) is 10.6. The summed E-state index contributed by atoms with van der Waals surface area (Å²) in [5.74, 6) is -0.898. The minimum absolute atomic E-state index is 0.205. The predicted molar refractivity (Wildman–Crippen MR) is 94.4 cm³/mol. The summed E-state index contributed by atoms with van der Waals surface area (Å²) in [5, 5.41) is 5.99. The molecular formula is C19H30N2O2. The summed E-state index contributed by atoms with van der Waals surface area (Å²) in [4.78, 5) is 24.6. The van der Waals surface area contributed by atoms with Crippen LogP contribution in [0.25, 0.3) is 0 Å². The Bertz CT molecular complexity index is 539. The molecule has 0 fully saturated rings. The van der Waals surface area contributed by atoms with E-state index in [0.29, 0.717) is 13.0 Å². The van der Waals surface area contributed by atoms with Crippen molar-refractivity contribution in [2.24, 2.45) is 0 Å². The lowest BCUT2D eigenvalue weighted by atomic mass is 10.0. The summed E-state index contributed by atoms with van der Waals surface area (Å²) >= 11 is 0. The Hall–Kier alpha value is -1.68. The number of benzene rings is 1. The number of rotatable bonds is 7. The summed E-state index contributed by atoms with van der Waals surface area (Å²) < 4.78 is 0. The van der Waals surface area contributed by atoms with Crippen LogP contribution in [0.1, 0.15) is 57.2 Å². The molecule has 128 valence electrons. The lowest BCUT2D eigenvalue weighted by Gasteiger charge is -2.27. The Morgan fingerprint density at radius 1 is 1.09 bits per heavy atom. The third-order valence-corrected chi connectivity index (χ3v) is 3.46. The zero-order valence-electron chi connectivity index (χ0n) is 15.2. The molecule has 0 aliphatic heterocycles. The van der Waals surface area contributed by atoms with E-state index >= 15 is 0 Å². The van der Waals surface area contributed by atoms with E-state index in [0.717, 1.165) is 23.1 Å². The van der Waals surface area contributed by atoms with Crippen LogP contribution < -0.4 is 10.6 Å². The molecule has 4 nitrogen and oxygen atoms in total. The number of hydrogen-bond acceptors (Lipinski definition) is 3. The molecule has 4 heteroatoms. The molecule has 0 saturated heterocycles. The molecule has 0 aromatic heterocycles. The van der Waals surface area contributed by atoms with Crippen LogP contribution in [-0.2, 0) is 16.1 Å². The Morgan fingerprint density at radius 2 is 1.65 bits per heavy atom. The zero-order chi connectivity index (χ0) is 17.6. The molecule has 0 saturated carbocycles. The van der Waals surface area contributed by atoms with Crippen LogP contribution in [0.3, 0.4) is 0 Å². The van der Waals surface area contributed by atoms with Gasteiger partial charge in [0, 0.05) is 12.1 Å². The van der Waals surface area contributed by atoms with Gasteiger partial charge in [0.1, 0.15) is 0 Å². The first kappa shape index (κ1) is 19.4. The Balaban J connectivity index is 2.68. The first-order valence-electron chi connectivity index (χ1n) is 8.29. The average Bonchev–Trinajstić information content (AvgIpc) is 2.41. The summed E-state index contributed by atoms with van der Waals surface area (Å²) in [6, 6.07) is 5.70. The maximum atomic E-state index is 12.4. The number of amides is 1. The molecule has 1 atom stereocenters. The highest BCUT2D eigenvalue weighted by Gasteiger charge is 2.27. The van der Waals surface area contributed by atoms with Crippen LogP contribution >= 0.6 is 0 Å². The van der Waals surface area contributed by atoms with Crippen LogP contribution in [0.4, 0.5) is 0 Å². The van der Waals surface area contributed by atoms with Gasteiger partial charge in [0.05, 0.1) is 6.04 Å². The number of nitrogens with one attached hydrogen (secondary N) is 2. The fourth-order valence-electron chi connectivity index (χ4n) is 2.68. The van der Waals surface area contributed by atoms with Crippen molar-refractivity contribution in [3.63, 3.8) is 0 Å². The molecule has 0 aliphatic carbocycles. The second-order valence-corrected chi connectivity index (χ2v) is 7.28. The van der Waals surface area contributed by atoms with Crippen LogP contribution in [0.2, 0.25) is 0 Å². The number of ketones is 1. The summed E-state index contributed by atoms with van der Waals surface area (Å²) in [5.41, 5.74) is 3.11. The highest BCUT2D eigenvalue weighted by atomic mass is 16.2. The average molecular weight is 318 g/mol. The third kappa shape index (κ3) is 6.95. The Labute approximate surface area is 140 Å². The van der Waals surface area contributed by atoms with Crippen LogP contribution in [0.5, 0.6) is 0 Å². The fraction of sp³-hybridized carbons (Fsp3) is 0.579. The van der Waals surface area contributed by atoms with Gasteiger partial charge in [0.2, 0.25) is 5.78 Å². The second kappa shape index (κ2) is 8.25. The Kier molecular flexibility index (Phi) is 6.95. The van der Waals surface area contributed by atoms with Gasteiger partial charge in [-0.15, -0.1) is 0 Å². The van der Waals surface area contributed by atoms with Crippen LogP contribution in [-0.4, -0.2) is 23.3 Å². The van der Waals surface area contributed by atoms with Crippen LogP contribution in [0.15, 0.2) is 18.2 Å². The van der Waals surface area contributed by atoms with E-state index in [4.69, 9.17) is 0 Å². The maximum absolute atomic E-state index is 12.4. The molecule has 1 aromatic carbocycles. The van der Waals surface area contributed by atoms with Crippen molar-refractivity contribution in [3.05, 3.63) is 34.9 Å². The van der Waals surface area contributed by atoms with Crippen molar-refractivity contribution in [1.82, 2.24) is 10.6 Å². The zero-order valence-corrected chi connectivity index (χ0v) is 15.2. The predicted octanol–water partition coefficient (Wildman–Crippen LogP) is 3.05. The molecule has 23 heavy (non-hydrogen) atoms. The number of carbonyl (C=O) groups excluding carboxylic acids is 2. The van der Waals surface area contributed by atoms with E-state index in [9.17, 15) is 9.59 Å². The minimum Gasteiger partial charge on any atom is -0.345 e. The summed E-state index contributed by atoms with van der Waals surface area (Å²) in [7, 11) is 0. The quantitative estimate of drug-likeness (QED) is 0.760. The van der Waals surface area contributed by atoms with Crippen molar-refractivity contribution in [2.45, 2.75) is 72.5 Å². The SMILES string of the molecule is CCCC(NC(C)(C)C)C(=O)C(=O)NCc1cc(C)cc(C)c1. The van der Waals surface area contributed by atoms with Gasteiger partial charge in [-0.05, 0) is 46.6 Å². The van der Waals surface area contributed by atoms with E-state index in [-0.39, 0.29) is 11.3 Å². The van der Waals surface area contributed by atoms with E-state index in [2.05, 4.69) is 16.7 Å². The highest BCUT2D eigenvalue weighted by molar-refractivity contribution is 6.38. The molecule has 0 aliphatic rings. The van der Waals surface area contributed by atoms with E-state index in [1.54, 1.807) is 0 Å². The molecule has 1 rings (SSSR count). The van der Waals surface area contributed by atoms with Gasteiger partial charge in [-0.1, -0.05) is 42.7 Å². The Morgan fingerprint density at radius 3 is 2.13 bits per heavy atom. The highest BCUT2D eigenvalue weighted by Crippen LogP contribution is 2.10. The van der Waals surface area contributed by atoms with Crippen molar-refractivity contribution in [3.8, 4) is 0 Å². The van der Waals surface area contributed by atoms with E-state index in [1.165, 1.54) is 0 Å². The van der Waals surface area contributed by atoms with Gasteiger partial charge >= 0.3 is 0 Å². The fourth-order valence-corrected chi connectivity index (χ4v) is 2.68. The minimum atomic E-state index is -0.514. The number of aryl methyl sites for hydroxylation is 2. The van der Waals surface area contributed by atoms with Crippen molar-refractivity contribution >= 4 is 11.7 Å². The normalized spacial score (nSPS) is 12.8. The van der Waals surface area contributed by atoms with Crippen LogP contribution in [0, 0.1) is 13.8 Å². The van der Waals surface area contributed by atoms with Crippen molar-refractivity contribution < 1.29 is 9.59 Å². The summed E-state index contributed by atoms with van der Waals surface area (Å²) in [6.07, 6.45) is 1.51. The smallest absolute Gasteiger partial charge is 0.289 e. The standard InChI is InChI=1S/C19H30N2O2/c1-7-8-16(21-19(4,5)6)17(22)18(23)20-12-15-10-13(2)9-14(3)11-15/h9-11,16,21H,7-8,12H2,1-6H3,(H,20,23). The van der Waals surface area contributed by atoms with E-state index in [1.807, 2.05) is 53.7 Å². The maximum Gasteiger partial charge on any atom is 0.289 e. The van der Waals surface area contributed by atoms with Crippen molar-refractivity contribution in [2.75, 3.05) is 0 Å². The number of Topliss-reactive ketones (excluding diaryl/α,β-unsaturated/α-hetero) is 1. The molecule has 0 spiro atoms. The van der Waals surface area contributed by atoms with Gasteiger partial charge in [-0.2, -0.15) is 0 Å². The lowest BCUT2D eigenvalue weighted by Crippen LogP contribution is -2.51. The lowest BCUT2D eigenvalue weighted by molar-refractivity contribution is -0.139. The van der Waals surface area contributed by atoms with Crippen molar-refractivity contribution in [1.29, 1.82) is 0 Å². The third-order valence-electron chi connectivity index (χ3n) is 3.46. The molecule has 2 N–H and O–H groups in total. The largest absolute Gasteiger partial charge is 0.345 e. The molecular weight excluding hydrogens is 288 g/mol. The molecule has 1 unspecified atom stereocenters. The number of carbonyl (C=O) groups is 2. The van der Waals surface area contributed by atoms with Gasteiger partial charge in [0.15, 0.2) is 0 Å².